The molecule has 0 saturated carbocycles. The van der Waals surface area contributed by atoms with E-state index in [0.717, 1.165) is 4.47 Å². The maximum atomic E-state index is 11.7. The fraction of sp³-hybridized carbons (Fsp3) is 0.0714. The highest BCUT2D eigenvalue weighted by Gasteiger charge is 2.10. The minimum absolute atomic E-state index is 0.220. The normalized spacial score (nSPS) is 10.2. The molecule has 2 aromatic carbocycles. The van der Waals surface area contributed by atoms with Gasteiger partial charge in [0.25, 0.3) is 0 Å². The van der Waals surface area contributed by atoms with E-state index in [1.807, 2.05) is 6.07 Å². The monoisotopic (exact) mass is 418 g/mol. The van der Waals surface area contributed by atoms with Crippen molar-refractivity contribution >= 4 is 49.4 Å². The van der Waals surface area contributed by atoms with Gasteiger partial charge in [0.15, 0.2) is 6.61 Å². The van der Waals surface area contributed by atoms with Gasteiger partial charge < -0.3 is 9.47 Å². The number of halogens is 3. The smallest absolute Gasteiger partial charge is 0.349 e. The highest BCUT2D eigenvalue weighted by molar-refractivity contribution is 9.10. The summed E-state index contributed by atoms with van der Waals surface area (Å²) in [6.45, 7) is -0.220. The molecule has 0 N–H and O–H groups in total. The van der Waals surface area contributed by atoms with Gasteiger partial charge in [-0.25, -0.2) is 4.79 Å². The Kier molecular flexibility index (Phi) is 5.46. The second-order valence-corrected chi connectivity index (χ2v) is 5.95. The molecule has 3 nitrogen and oxygen atoms in total. The van der Waals surface area contributed by atoms with Crippen molar-refractivity contribution in [3.8, 4) is 11.5 Å². The number of rotatable bonds is 4. The minimum Gasteiger partial charge on any atom is -0.480 e. The fourth-order valence-electron chi connectivity index (χ4n) is 1.41. The van der Waals surface area contributed by atoms with Crippen molar-refractivity contribution in [1.82, 2.24) is 0 Å². The Bertz CT molecular complexity index is 632. The molecule has 0 fully saturated rings. The molecule has 20 heavy (non-hydrogen) atoms. The Balaban J connectivity index is 1.94. The van der Waals surface area contributed by atoms with Crippen LogP contribution in [0.1, 0.15) is 0 Å². The van der Waals surface area contributed by atoms with Crippen LogP contribution < -0.4 is 9.47 Å². The Labute approximate surface area is 138 Å². The molecule has 0 heterocycles. The maximum Gasteiger partial charge on any atom is 0.349 e. The van der Waals surface area contributed by atoms with Gasteiger partial charge in [0.1, 0.15) is 11.5 Å². The standard InChI is InChI=1S/C14H9Br2ClO3/c15-9-5-6-13(11(17)7-9)19-8-14(18)20-12-4-2-1-3-10(12)16/h1-7H,8H2. The average Bonchev–Trinajstić information content (AvgIpc) is 2.40. The third-order valence-electron chi connectivity index (χ3n) is 2.30. The van der Waals surface area contributed by atoms with Crippen molar-refractivity contribution in [2.45, 2.75) is 0 Å². The number of ether oxygens (including phenoxy) is 2. The maximum absolute atomic E-state index is 11.7. The van der Waals surface area contributed by atoms with Crippen LogP contribution in [0.2, 0.25) is 5.02 Å². The lowest BCUT2D eigenvalue weighted by molar-refractivity contribution is -0.136. The van der Waals surface area contributed by atoms with Crippen LogP contribution in [0.25, 0.3) is 0 Å². The van der Waals surface area contributed by atoms with Crippen LogP contribution in [-0.4, -0.2) is 12.6 Å². The molecule has 0 aliphatic carbocycles. The van der Waals surface area contributed by atoms with E-state index in [4.69, 9.17) is 21.1 Å². The summed E-state index contributed by atoms with van der Waals surface area (Å²) in [5.74, 6) is 0.373. The lowest BCUT2D eigenvalue weighted by Gasteiger charge is -2.09. The number of hydrogen-bond acceptors (Lipinski definition) is 3. The molecule has 0 spiro atoms. The van der Waals surface area contributed by atoms with Crippen LogP contribution in [0.15, 0.2) is 51.4 Å². The first-order valence-corrected chi connectivity index (χ1v) is 7.56. The molecule has 0 bridgehead atoms. The molecule has 0 unspecified atom stereocenters. The molecular formula is C14H9Br2ClO3. The zero-order valence-corrected chi connectivity index (χ0v) is 14.0. The predicted molar refractivity (Wildman–Crippen MR) is 84.4 cm³/mol. The molecule has 6 heteroatoms. The first-order chi connectivity index (χ1) is 9.56. The number of benzene rings is 2. The third kappa shape index (κ3) is 4.23. The largest absolute Gasteiger partial charge is 0.480 e. The Hall–Kier alpha value is -1.04. The average molecular weight is 420 g/mol. The Morgan fingerprint density at radius 3 is 2.55 bits per heavy atom. The van der Waals surface area contributed by atoms with Crippen molar-refractivity contribution in [2.24, 2.45) is 0 Å². The van der Waals surface area contributed by atoms with Gasteiger partial charge in [0.2, 0.25) is 0 Å². The van der Waals surface area contributed by atoms with Gasteiger partial charge in [0, 0.05) is 4.47 Å². The van der Waals surface area contributed by atoms with Gasteiger partial charge in [-0.05, 0) is 46.3 Å². The first-order valence-electron chi connectivity index (χ1n) is 5.59. The summed E-state index contributed by atoms with van der Waals surface area (Å²) in [6, 6.07) is 12.2. The highest BCUT2D eigenvalue weighted by Crippen LogP contribution is 2.28. The first kappa shape index (κ1) is 15.4. The second kappa shape index (κ2) is 7.11. The van der Waals surface area contributed by atoms with Crippen LogP contribution in [0.5, 0.6) is 11.5 Å². The van der Waals surface area contributed by atoms with Crippen LogP contribution in [0.3, 0.4) is 0 Å². The predicted octanol–water partition coefficient (Wildman–Crippen LogP) is 4.85. The van der Waals surface area contributed by atoms with Crippen molar-refractivity contribution in [3.05, 3.63) is 56.4 Å². The molecule has 0 aromatic heterocycles. The second-order valence-electron chi connectivity index (χ2n) is 3.77. The minimum atomic E-state index is -0.504. The van der Waals surface area contributed by atoms with E-state index in [1.54, 1.807) is 36.4 Å². The molecular weight excluding hydrogens is 411 g/mol. The zero-order valence-electron chi connectivity index (χ0n) is 10.1. The molecule has 104 valence electrons. The fourth-order valence-corrected chi connectivity index (χ4v) is 2.50. The molecule has 2 aromatic rings. The molecule has 0 aliphatic rings. The zero-order chi connectivity index (χ0) is 14.5. The Morgan fingerprint density at radius 1 is 1.10 bits per heavy atom. The highest BCUT2D eigenvalue weighted by atomic mass is 79.9. The van der Waals surface area contributed by atoms with Crippen molar-refractivity contribution in [2.75, 3.05) is 6.61 Å². The number of para-hydroxylation sites is 1. The van der Waals surface area contributed by atoms with E-state index in [2.05, 4.69) is 31.9 Å². The van der Waals surface area contributed by atoms with Crippen LogP contribution >= 0.6 is 43.5 Å². The summed E-state index contributed by atoms with van der Waals surface area (Å²) in [5.41, 5.74) is 0. The van der Waals surface area contributed by atoms with E-state index in [-0.39, 0.29) is 6.61 Å². The van der Waals surface area contributed by atoms with Crippen molar-refractivity contribution in [1.29, 1.82) is 0 Å². The van der Waals surface area contributed by atoms with Gasteiger partial charge in [-0.3, -0.25) is 0 Å². The van der Waals surface area contributed by atoms with Gasteiger partial charge in [-0.15, -0.1) is 0 Å². The van der Waals surface area contributed by atoms with Crippen molar-refractivity contribution in [3.63, 3.8) is 0 Å². The summed E-state index contributed by atoms with van der Waals surface area (Å²) in [6.07, 6.45) is 0. The molecule has 2 rings (SSSR count). The SMILES string of the molecule is O=C(COc1ccc(Br)cc1Cl)Oc1ccccc1Br. The third-order valence-corrected chi connectivity index (χ3v) is 3.74. The van der Waals surface area contributed by atoms with E-state index in [9.17, 15) is 4.79 Å². The number of carbonyl (C=O) groups is 1. The topological polar surface area (TPSA) is 35.5 Å². The van der Waals surface area contributed by atoms with Gasteiger partial charge >= 0.3 is 5.97 Å². The summed E-state index contributed by atoms with van der Waals surface area (Å²) < 4.78 is 12.0. The molecule has 0 aliphatic heterocycles. The van der Waals surface area contributed by atoms with E-state index >= 15 is 0 Å². The van der Waals surface area contributed by atoms with Crippen LogP contribution in [0.4, 0.5) is 0 Å². The van der Waals surface area contributed by atoms with Crippen molar-refractivity contribution < 1.29 is 14.3 Å². The molecule has 0 radical (unpaired) electrons. The van der Waals surface area contributed by atoms with E-state index in [1.165, 1.54) is 0 Å². The number of carbonyl (C=O) groups excluding carboxylic acids is 1. The summed E-state index contributed by atoms with van der Waals surface area (Å²) >= 11 is 12.6. The summed E-state index contributed by atoms with van der Waals surface area (Å²) in [5, 5.41) is 0.424. The van der Waals surface area contributed by atoms with Crippen LogP contribution in [0, 0.1) is 0 Å². The van der Waals surface area contributed by atoms with Gasteiger partial charge in [-0.2, -0.15) is 0 Å². The lowest BCUT2D eigenvalue weighted by atomic mass is 10.3. The number of esters is 1. The Morgan fingerprint density at radius 2 is 1.85 bits per heavy atom. The van der Waals surface area contributed by atoms with E-state index < -0.39 is 5.97 Å². The molecule has 0 atom stereocenters. The van der Waals surface area contributed by atoms with Gasteiger partial charge in [0.05, 0.1) is 9.50 Å². The summed E-state index contributed by atoms with van der Waals surface area (Å²) in [4.78, 5) is 11.7. The van der Waals surface area contributed by atoms with Gasteiger partial charge in [-0.1, -0.05) is 39.7 Å². The molecule has 0 amide bonds. The summed E-state index contributed by atoms with van der Waals surface area (Å²) in [7, 11) is 0. The van der Waals surface area contributed by atoms with Crippen LogP contribution in [-0.2, 0) is 4.79 Å². The van der Waals surface area contributed by atoms with E-state index in [0.29, 0.717) is 21.0 Å². The number of hydrogen-bond donors (Lipinski definition) is 0. The lowest BCUT2D eigenvalue weighted by Crippen LogP contribution is -2.18. The quantitative estimate of drug-likeness (QED) is 0.524. The molecule has 0 saturated heterocycles.